The van der Waals surface area contributed by atoms with Crippen LogP contribution in [-0.2, 0) is 22.6 Å². The Morgan fingerprint density at radius 1 is 1.06 bits per heavy atom. The largest absolute Gasteiger partial charge is 0.456 e. The van der Waals surface area contributed by atoms with Gasteiger partial charge in [0, 0.05) is 29.1 Å². The van der Waals surface area contributed by atoms with Crippen molar-refractivity contribution in [1.29, 1.82) is 0 Å². The van der Waals surface area contributed by atoms with Crippen molar-refractivity contribution in [3.63, 3.8) is 0 Å². The van der Waals surface area contributed by atoms with Crippen molar-refractivity contribution in [3.05, 3.63) is 99.5 Å². The molecule has 0 saturated heterocycles. The number of benzene rings is 2. The average Bonchev–Trinajstić information content (AvgIpc) is 3.32. The number of ether oxygens (including phenoxy) is 1. The molecule has 0 saturated carbocycles. The van der Waals surface area contributed by atoms with E-state index in [9.17, 15) is 18.8 Å². The first-order valence-corrected chi connectivity index (χ1v) is 10.5. The lowest BCUT2D eigenvalue weighted by Crippen LogP contribution is -2.24. The Balaban J connectivity index is 1.38. The van der Waals surface area contributed by atoms with E-state index in [2.05, 4.69) is 5.10 Å². The third-order valence-electron chi connectivity index (χ3n) is 5.40. The first kappa shape index (κ1) is 22.9. The zero-order valence-corrected chi connectivity index (χ0v) is 18.7. The number of aryl methyl sites for hydroxylation is 1. The van der Waals surface area contributed by atoms with Crippen LogP contribution in [0.3, 0.4) is 0 Å². The van der Waals surface area contributed by atoms with Crippen molar-refractivity contribution in [2.75, 3.05) is 6.61 Å². The van der Waals surface area contributed by atoms with Crippen LogP contribution < -0.4 is 5.76 Å². The van der Waals surface area contributed by atoms with Crippen molar-refractivity contribution in [2.45, 2.75) is 26.9 Å². The number of ketones is 1. The minimum absolute atomic E-state index is 0.0558. The van der Waals surface area contributed by atoms with Crippen LogP contribution in [0.2, 0.25) is 0 Å². The quantitative estimate of drug-likeness (QED) is 0.293. The predicted octanol–water partition coefficient (Wildman–Crippen LogP) is 3.54. The molecular formula is C25H22FN3O5. The van der Waals surface area contributed by atoms with Crippen LogP contribution in [-0.4, -0.2) is 32.7 Å². The summed E-state index contributed by atoms with van der Waals surface area (Å²) in [6, 6.07) is 16.8. The van der Waals surface area contributed by atoms with Crippen LogP contribution in [0.4, 0.5) is 4.39 Å². The Kier molecular flexibility index (Phi) is 6.53. The van der Waals surface area contributed by atoms with Crippen molar-refractivity contribution >= 4 is 11.8 Å². The van der Waals surface area contributed by atoms with E-state index in [0.29, 0.717) is 17.7 Å². The van der Waals surface area contributed by atoms with Gasteiger partial charge in [0.05, 0.1) is 0 Å². The smallest absolute Gasteiger partial charge is 0.437 e. The summed E-state index contributed by atoms with van der Waals surface area (Å²) in [5.41, 5.74) is 3.65. The molecule has 0 aliphatic heterocycles. The summed E-state index contributed by atoms with van der Waals surface area (Å²) in [4.78, 5) is 36.9. The van der Waals surface area contributed by atoms with Crippen molar-refractivity contribution in [1.82, 2.24) is 14.3 Å². The maximum Gasteiger partial charge on any atom is 0.437 e. The number of rotatable bonds is 8. The summed E-state index contributed by atoms with van der Waals surface area (Å²) in [6.07, 6.45) is 0. The third kappa shape index (κ3) is 5.03. The molecule has 0 amide bonds. The molecule has 2 aromatic carbocycles. The molecular weight excluding hydrogens is 441 g/mol. The number of hydrogen-bond acceptors (Lipinski definition) is 6. The van der Waals surface area contributed by atoms with Gasteiger partial charge < -0.3 is 13.7 Å². The molecule has 2 heterocycles. The first-order valence-electron chi connectivity index (χ1n) is 10.5. The van der Waals surface area contributed by atoms with Crippen molar-refractivity contribution in [3.8, 4) is 11.5 Å². The van der Waals surface area contributed by atoms with E-state index in [1.54, 1.807) is 6.07 Å². The number of hydrogen-bond donors (Lipinski definition) is 0. The Morgan fingerprint density at radius 2 is 1.76 bits per heavy atom. The Morgan fingerprint density at radius 3 is 2.47 bits per heavy atom. The lowest BCUT2D eigenvalue weighted by Gasteiger charge is -2.10. The van der Waals surface area contributed by atoms with E-state index in [-0.39, 0.29) is 11.7 Å². The number of halogens is 1. The maximum absolute atomic E-state index is 13.1. The van der Waals surface area contributed by atoms with Gasteiger partial charge in [0.2, 0.25) is 11.7 Å². The predicted molar refractivity (Wildman–Crippen MR) is 121 cm³/mol. The SMILES string of the molecule is Cc1cc(C(=O)COC(=O)Cn2nc(-c3ccc(F)cc3)oc2=O)c(C)n1Cc1ccccc1. The highest BCUT2D eigenvalue weighted by molar-refractivity contribution is 5.99. The Bertz CT molecular complexity index is 1380. The van der Waals surface area contributed by atoms with Gasteiger partial charge in [-0.15, -0.1) is 5.10 Å². The van der Waals surface area contributed by atoms with Gasteiger partial charge in [-0.3, -0.25) is 9.59 Å². The van der Waals surface area contributed by atoms with Crippen LogP contribution in [0.25, 0.3) is 11.5 Å². The normalized spacial score (nSPS) is 10.9. The van der Waals surface area contributed by atoms with E-state index in [1.165, 1.54) is 24.3 Å². The summed E-state index contributed by atoms with van der Waals surface area (Å²) >= 11 is 0. The number of nitrogens with zero attached hydrogens (tertiary/aromatic N) is 3. The van der Waals surface area contributed by atoms with Crippen LogP contribution in [0.1, 0.15) is 27.3 Å². The van der Waals surface area contributed by atoms with Crippen LogP contribution >= 0.6 is 0 Å². The highest BCUT2D eigenvalue weighted by atomic mass is 19.1. The number of Topliss-reactive ketones (excluding diaryl/α,β-unsaturated/α-hetero) is 1. The molecule has 0 radical (unpaired) electrons. The molecule has 8 nitrogen and oxygen atoms in total. The van der Waals surface area contributed by atoms with E-state index in [1.807, 2.05) is 48.7 Å². The number of carbonyl (C=O) groups is 2. The van der Waals surface area contributed by atoms with Gasteiger partial charge in [-0.25, -0.2) is 9.18 Å². The molecule has 0 atom stereocenters. The van der Waals surface area contributed by atoms with Crippen LogP contribution in [0, 0.1) is 19.7 Å². The average molecular weight is 463 g/mol. The lowest BCUT2D eigenvalue weighted by atomic mass is 10.1. The molecule has 0 N–H and O–H groups in total. The number of aromatic nitrogens is 3. The molecule has 9 heteroatoms. The van der Waals surface area contributed by atoms with E-state index in [0.717, 1.165) is 21.6 Å². The molecule has 4 aromatic rings. The molecule has 0 spiro atoms. The van der Waals surface area contributed by atoms with E-state index in [4.69, 9.17) is 9.15 Å². The lowest BCUT2D eigenvalue weighted by molar-refractivity contribution is -0.143. The number of esters is 1. The summed E-state index contributed by atoms with van der Waals surface area (Å²) in [5.74, 6) is -2.53. The summed E-state index contributed by atoms with van der Waals surface area (Å²) in [7, 11) is 0. The third-order valence-corrected chi connectivity index (χ3v) is 5.40. The first-order chi connectivity index (χ1) is 16.3. The standard InChI is InChI=1S/C25H22FN3O5/c1-16-12-21(17(2)28(16)13-18-6-4-3-5-7-18)22(30)15-33-23(31)14-29-25(32)34-24(27-29)19-8-10-20(26)11-9-19/h3-12H,13-15H2,1-2H3. The topological polar surface area (TPSA) is 96.3 Å². The molecule has 4 rings (SSSR count). The Hall–Kier alpha value is -4.27. The fourth-order valence-corrected chi connectivity index (χ4v) is 3.60. The second-order valence-electron chi connectivity index (χ2n) is 7.78. The Labute approximate surface area is 194 Å². The monoisotopic (exact) mass is 463 g/mol. The highest BCUT2D eigenvalue weighted by Gasteiger charge is 2.19. The second-order valence-corrected chi connectivity index (χ2v) is 7.78. The molecule has 174 valence electrons. The molecule has 0 aliphatic rings. The molecule has 0 fully saturated rings. The van der Waals surface area contributed by atoms with Gasteiger partial charge in [-0.2, -0.15) is 4.68 Å². The zero-order valence-electron chi connectivity index (χ0n) is 18.7. The van der Waals surface area contributed by atoms with Crippen LogP contribution in [0.15, 0.2) is 69.9 Å². The fraction of sp³-hybridized carbons (Fsp3) is 0.200. The van der Waals surface area contributed by atoms with Crippen LogP contribution in [0.5, 0.6) is 0 Å². The fourth-order valence-electron chi connectivity index (χ4n) is 3.60. The highest BCUT2D eigenvalue weighted by Crippen LogP contribution is 2.18. The zero-order chi connectivity index (χ0) is 24.2. The van der Waals surface area contributed by atoms with Gasteiger partial charge in [0.1, 0.15) is 12.4 Å². The molecule has 34 heavy (non-hydrogen) atoms. The second kappa shape index (κ2) is 9.70. The van der Waals surface area contributed by atoms with Crippen molar-refractivity contribution in [2.24, 2.45) is 0 Å². The summed E-state index contributed by atoms with van der Waals surface area (Å²) in [6.45, 7) is 3.39. The van der Waals surface area contributed by atoms with Gasteiger partial charge in [-0.05, 0) is 49.7 Å². The van der Waals surface area contributed by atoms with Gasteiger partial charge in [0.15, 0.2) is 6.61 Å². The molecule has 0 aliphatic carbocycles. The summed E-state index contributed by atoms with van der Waals surface area (Å²) in [5, 5.41) is 3.93. The van der Waals surface area contributed by atoms with Gasteiger partial charge in [0.25, 0.3) is 0 Å². The molecule has 0 unspecified atom stereocenters. The summed E-state index contributed by atoms with van der Waals surface area (Å²) < 4.78 is 26.0. The van der Waals surface area contributed by atoms with Crippen molar-refractivity contribution < 1.29 is 23.1 Å². The molecule has 2 aromatic heterocycles. The minimum atomic E-state index is -0.868. The minimum Gasteiger partial charge on any atom is -0.456 e. The van der Waals surface area contributed by atoms with Gasteiger partial charge >= 0.3 is 11.7 Å². The number of carbonyl (C=O) groups excluding carboxylic acids is 2. The van der Waals surface area contributed by atoms with Gasteiger partial charge in [-0.1, -0.05) is 30.3 Å². The van der Waals surface area contributed by atoms with E-state index < -0.39 is 30.7 Å². The van der Waals surface area contributed by atoms with E-state index >= 15 is 0 Å². The molecule has 0 bridgehead atoms. The maximum atomic E-state index is 13.1.